The van der Waals surface area contributed by atoms with Crippen molar-refractivity contribution in [3.8, 4) is 17.3 Å². The van der Waals surface area contributed by atoms with Crippen LogP contribution in [0, 0.1) is 0 Å². The van der Waals surface area contributed by atoms with Crippen molar-refractivity contribution < 1.29 is 9.15 Å². The average Bonchev–Trinajstić information content (AvgIpc) is 3.46. The molecule has 3 N–H and O–H groups in total. The molecular formula is C23H29N9O2. The zero-order chi connectivity index (χ0) is 23.5. The lowest BCUT2D eigenvalue weighted by atomic mass is 10.1. The third kappa shape index (κ3) is 4.95. The molecule has 0 atom stereocenters. The fraction of sp³-hybridized carbons (Fsp3) is 0.391. The number of aromatic nitrogens is 5. The van der Waals surface area contributed by atoms with Crippen molar-refractivity contribution in [2.24, 2.45) is 0 Å². The highest BCUT2D eigenvalue weighted by Gasteiger charge is 2.27. The third-order valence-electron chi connectivity index (χ3n) is 5.94. The highest BCUT2D eigenvalue weighted by atomic mass is 16.5. The van der Waals surface area contributed by atoms with E-state index in [1.54, 1.807) is 18.4 Å². The predicted octanol–water partition coefficient (Wildman–Crippen LogP) is 1.64. The number of nitrogens with one attached hydrogen (secondary N) is 1. The number of ether oxygens (including phenoxy) is 1. The van der Waals surface area contributed by atoms with E-state index in [-0.39, 0.29) is 5.95 Å². The summed E-state index contributed by atoms with van der Waals surface area (Å²) < 4.78 is 12.6. The van der Waals surface area contributed by atoms with E-state index in [1.807, 2.05) is 12.1 Å². The lowest BCUT2D eigenvalue weighted by Gasteiger charge is -2.42. The van der Waals surface area contributed by atoms with Gasteiger partial charge in [0.05, 0.1) is 6.26 Å². The van der Waals surface area contributed by atoms with Crippen LogP contribution in [0.3, 0.4) is 0 Å². The molecule has 0 aliphatic carbocycles. The summed E-state index contributed by atoms with van der Waals surface area (Å²) in [6.45, 7) is 4.54. The summed E-state index contributed by atoms with van der Waals surface area (Å²) in [5.74, 6) is 2.82. The Bertz CT molecular complexity index is 1220. The Morgan fingerprint density at radius 1 is 1.15 bits per heavy atom. The van der Waals surface area contributed by atoms with Gasteiger partial charge in [-0.2, -0.15) is 19.5 Å². The summed E-state index contributed by atoms with van der Waals surface area (Å²) >= 11 is 0. The van der Waals surface area contributed by atoms with E-state index in [0.29, 0.717) is 42.5 Å². The molecule has 4 heterocycles. The monoisotopic (exact) mass is 463 g/mol. The van der Waals surface area contributed by atoms with E-state index in [2.05, 4.69) is 61.4 Å². The number of rotatable bonds is 10. The van der Waals surface area contributed by atoms with Crippen molar-refractivity contribution in [1.29, 1.82) is 0 Å². The van der Waals surface area contributed by atoms with Gasteiger partial charge in [0, 0.05) is 32.2 Å². The van der Waals surface area contributed by atoms with Crippen molar-refractivity contribution in [1.82, 2.24) is 34.4 Å². The van der Waals surface area contributed by atoms with Gasteiger partial charge in [0.25, 0.3) is 5.78 Å². The van der Waals surface area contributed by atoms with Gasteiger partial charge in [0.15, 0.2) is 5.76 Å². The number of nitrogen functional groups attached to an aromatic ring is 1. The van der Waals surface area contributed by atoms with Crippen molar-refractivity contribution >= 4 is 17.7 Å². The van der Waals surface area contributed by atoms with Gasteiger partial charge >= 0.3 is 0 Å². The number of likely N-dealkylation sites (tertiary alicyclic amines) is 1. The van der Waals surface area contributed by atoms with Crippen LogP contribution in [0.5, 0.6) is 5.75 Å². The molecule has 1 saturated heterocycles. The van der Waals surface area contributed by atoms with Crippen LogP contribution >= 0.6 is 0 Å². The van der Waals surface area contributed by atoms with Crippen LogP contribution in [0.1, 0.15) is 5.56 Å². The summed E-state index contributed by atoms with van der Waals surface area (Å²) in [6, 6.07) is 12.4. The standard InChI is InChI=1S/C23H29N9O2/c1-30(2)17-14-31(15-17)11-13-33-18-7-5-16(6-8-18)9-10-25-22-27-21(24)32-23(28-22)26-20(29-32)19-4-3-12-34-19/h3-8,12,17H,9-11,13-15H2,1-2H3,(H3,24,25,26,27,28,29). The first-order valence-electron chi connectivity index (χ1n) is 11.3. The SMILES string of the molecule is CN(C)C1CN(CCOc2ccc(CCNc3nc(N)n4nc(-c5ccco5)nc4n3)cc2)C1. The smallest absolute Gasteiger partial charge is 0.259 e. The molecule has 1 fully saturated rings. The van der Waals surface area contributed by atoms with Gasteiger partial charge in [-0.1, -0.05) is 12.1 Å². The molecule has 4 aromatic rings. The van der Waals surface area contributed by atoms with Gasteiger partial charge in [-0.25, -0.2) is 0 Å². The molecule has 0 unspecified atom stereocenters. The minimum atomic E-state index is 0.203. The molecule has 11 heteroatoms. The van der Waals surface area contributed by atoms with Crippen LogP contribution in [0.4, 0.5) is 11.9 Å². The number of nitrogens with zero attached hydrogens (tertiary/aromatic N) is 7. The van der Waals surface area contributed by atoms with E-state index in [0.717, 1.165) is 31.8 Å². The minimum absolute atomic E-state index is 0.203. The first-order valence-corrected chi connectivity index (χ1v) is 11.3. The van der Waals surface area contributed by atoms with Crippen LogP contribution in [0.15, 0.2) is 47.1 Å². The van der Waals surface area contributed by atoms with Crippen LogP contribution in [0.25, 0.3) is 17.4 Å². The number of benzene rings is 1. The molecule has 5 rings (SSSR count). The Balaban J connectivity index is 1.09. The summed E-state index contributed by atoms with van der Waals surface area (Å²) in [7, 11) is 4.26. The first kappa shape index (κ1) is 22.1. The molecular weight excluding hydrogens is 434 g/mol. The van der Waals surface area contributed by atoms with Gasteiger partial charge in [0.1, 0.15) is 12.4 Å². The third-order valence-corrected chi connectivity index (χ3v) is 5.94. The predicted molar refractivity (Wildman–Crippen MR) is 129 cm³/mol. The lowest BCUT2D eigenvalue weighted by molar-refractivity contribution is 0.0525. The quantitative estimate of drug-likeness (QED) is 0.359. The molecule has 11 nitrogen and oxygen atoms in total. The maximum Gasteiger partial charge on any atom is 0.259 e. The summed E-state index contributed by atoms with van der Waals surface area (Å²) in [5, 5.41) is 7.51. The summed E-state index contributed by atoms with van der Waals surface area (Å²) in [5.41, 5.74) is 7.22. The van der Waals surface area contributed by atoms with Crippen molar-refractivity contribution in [2.45, 2.75) is 12.5 Å². The zero-order valence-corrected chi connectivity index (χ0v) is 19.4. The fourth-order valence-corrected chi connectivity index (χ4v) is 3.81. The molecule has 1 aliphatic heterocycles. The van der Waals surface area contributed by atoms with Gasteiger partial charge in [-0.15, -0.1) is 5.10 Å². The molecule has 1 aliphatic rings. The topological polar surface area (TPSA) is 123 Å². The first-order chi connectivity index (χ1) is 16.5. The second-order valence-corrected chi connectivity index (χ2v) is 8.58. The summed E-state index contributed by atoms with van der Waals surface area (Å²) in [6.07, 6.45) is 2.37. The number of hydrogen-bond acceptors (Lipinski definition) is 10. The van der Waals surface area contributed by atoms with Crippen LogP contribution in [-0.4, -0.2) is 87.3 Å². The van der Waals surface area contributed by atoms with Gasteiger partial charge in [-0.05, 0) is 50.3 Å². The maximum absolute atomic E-state index is 6.03. The van der Waals surface area contributed by atoms with Crippen molar-refractivity contribution in [3.05, 3.63) is 48.2 Å². The Labute approximate surface area is 197 Å². The number of furan rings is 1. The van der Waals surface area contributed by atoms with Gasteiger partial charge < -0.3 is 25.1 Å². The number of likely N-dealkylation sites (N-methyl/N-ethyl adjacent to an activating group) is 1. The Kier molecular flexibility index (Phi) is 6.28. The Morgan fingerprint density at radius 2 is 1.97 bits per heavy atom. The number of nitrogens with two attached hydrogens (primary N) is 1. The normalized spacial score (nSPS) is 14.6. The second kappa shape index (κ2) is 9.65. The number of hydrogen-bond donors (Lipinski definition) is 2. The molecule has 0 saturated carbocycles. The van der Waals surface area contributed by atoms with Crippen molar-refractivity contribution in [2.75, 3.05) is 57.9 Å². The van der Waals surface area contributed by atoms with Crippen molar-refractivity contribution in [3.63, 3.8) is 0 Å². The maximum atomic E-state index is 6.03. The highest BCUT2D eigenvalue weighted by Crippen LogP contribution is 2.18. The molecule has 0 bridgehead atoms. The molecule has 0 amide bonds. The van der Waals surface area contributed by atoms with Crippen LogP contribution < -0.4 is 15.8 Å². The van der Waals surface area contributed by atoms with E-state index in [4.69, 9.17) is 14.9 Å². The minimum Gasteiger partial charge on any atom is -0.492 e. The Hall–Kier alpha value is -3.70. The Morgan fingerprint density at radius 3 is 2.71 bits per heavy atom. The van der Waals surface area contributed by atoms with Gasteiger partial charge in [0.2, 0.25) is 17.7 Å². The van der Waals surface area contributed by atoms with Gasteiger partial charge in [-0.3, -0.25) is 4.90 Å². The van der Waals surface area contributed by atoms with Crippen LogP contribution in [0.2, 0.25) is 0 Å². The highest BCUT2D eigenvalue weighted by molar-refractivity contribution is 5.52. The fourth-order valence-electron chi connectivity index (χ4n) is 3.81. The lowest BCUT2D eigenvalue weighted by Crippen LogP contribution is -2.57. The molecule has 0 spiro atoms. The largest absolute Gasteiger partial charge is 0.492 e. The van der Waals surface area contributed by atoms with E-state index >= 15 is 0 Å². The molecule has 0 radical (unpaired) electrons. The molecule has 34 heavy (non-hydrogen) atoms. The summed E-state index contributed by atoms with van der Waals surface area (Å²) in [4.78, 5) is 17.7. The molecule has 178 valence electrons. The van der Waals surface area contributed by atoms with Crippen LogP contribution in [-0.2, 0) is 6.42 Å². The average molecular weight is 464 g/mol. The zero-order valence-electron chi connectivity index (χ0n) is 19.4. The number of fused-ring (bicyclic) bond motifs is 1. The molecule has 1 aromatic carbocycles. The second-order valence-electron chi connectivity index (χ2n) is 8.58. The van der Waals surface area contributed by atoms with E-state index in [1.165, 1.54) is 10.1 Å². The molecule has 3 aromatic heterocycles. The van der Waals surface area contributed by atoms with E-state index in [9.17, 15) is 0 Å². The van der Waals surface area contributed by atoms with E-state index < -0.39 is 0 Å². The number of anilines is 2.